The second-order valence-corrected chi connectivity index (χ2v) is 11.1. The molecule has 0 spiro atoms. The molecule has 0 aliphatic carbocycles. The van der Waals surface area contributed by atoms with Crippen molar-refractivity contribution in [1.82, 2.24) is 14.5 Å². The van der Waals surface area contributed by atoms with Crippen LogP contribution in [0.2, 0.25) is 10.0 Å². The Morgan fingerprint density at radius 1 is 0.971 bits per heavy atom. The lowest BCUT2D eigenvalue weighted by atomic mass is 10.1. The Bertz CT molecular complexity index is 1110. The maximum atomic E-state index is 13.5. The number of rotatable bonds is 10. The van der Waals surface area contributed by atoms with E-state index in [1.54, 1.807) is 55.5 Å². The zero-order valence-electron chi connectivity index (χ0n) is 19.8. The zero-order valence-corrected chi connectivity index (χ0v) is 22.2. The van der Waals surface area contributed by atoms with E-state index in [0.29, 0.717) is 21.3 Å². The molecule has 0 aliphatic heterocycles. The third kappa shape index (κ3) is 7.09. The van der Waals surface area contributed by atoms with Crippen LogP contribution in [0.15, 0.2) is 48.5 Å². The van der Waals surface area contributed by atoms with Crippen molar-refractivity contribution in [1.29, 1.82) is 0 Å². The van der Waals surface area contributed by atoms with Crippen LogP contribution in [-0.2, 0) is 26.3 Å². The van der Waals surface area contributed by atoms with Gasteiger partial charge < -0.3 is 10.2 Å². The predicted molar refractivity (Wildman–Crippen MR) is 136 cm³/mol. The van der Waals surface area contributed by atoms with Gasteiger partial charge in [-0.1, -0.05) is 47.5 Å². The summed E-state index contributed by atoms with van der Waals surface area (Å²) in [5.74, 6) is -0.906. The number of carbonyl (C=O) groups excluding carboxylic acids is 2. The molecule has 2 aromatic rings. The lowest BCUT2D eigenvalue weighted by Gasteiger charge is -2.33. The molecule has 1 N–H and O–H groups in total. The van der Waals surface area contributed by atoms with Crippen LogP contribution >= 0.6 is 23.2 Å². The van der Waals surface area contributed by atoms with Gasteiger partial charge in [-0.25, -0.2) is 4.31 Å². The molecular weight excluding hydrogens is 499 g/mol. The first-order chi connectivity index (χ1) is 15.8. The SMILES string of the molecule is CC(C)NC(=O)[C@H](C)N(Cc1ccc(Cl)c(Cl)c1)C(=O)CN(c1ccccc1)S(=O)(=O)N(C)C. The molecule has 0 aromatic heterocycles. The van der Waals surface area contributed by atoms with Gasteiger partial charge in [0.25, 0.3) is 0 Å². The first kappa shape index (κ1) is 27.9. The molecule has 0 fully saturated rings. The maximum absolute atomic E-state index is 13.5. The van der Waals surface area contributed by atoms with Gasteiger partial charge in [-0.3, -0.25) is 9.59 Å². The number of carbonyl (C=O) groups is 2. The van der Waals surface area contributed by atoms with Gasteiger partial charge >= 0.3 is 10.2 Å². The topological polar surface area (TPSA) is 90.0 Å². The minimum atomic E-state index is -3.99. The van der Waals surface area contributed by atoms with E-state index in [9.17, 15) is 18.0 Å². The number of nitrogens with zero attached hydrogens (tertiary/aromatic N) is 3. The van der Waals surface area contributed by atoms with E-state index >= 15 is 0 Å². The van der Waals surface area contributed by atoms with Crippen LogP contribution in [0.25, 0.3) is 0 Å². The van der Waals surface area contributed by atoms with Crippen LogP contribution in [-0.4, -0.2) is 62.2 Å². The second-order valence-electron chi connectivity index (χ2n) is 8.24. The highest BCUT2D eigenvalue weighted by molar-refractivity contribution is 7.90. The number of halogens is 2. The van der Waals surface area contributed by atoms with Crippen molar-refractivity contribution >= 4 is 50.9 Å². The van der Waals surface area contributed by atoms with Gasteiger partial charge in [-0.15, -0.1) is 0 Å². The van der Waals surface area contributed by atoms with Crippen molar-refractivity contribution in [3.8, 4) is 0 Å². The highest BCUT2D eigenvalue weighted by Crippen LogP contribution is 2.24. The molecule has 0 unspecified atom stereocenters. The van der Waals surface area contributed by atoms with E-state index in [2.05, 4.69) is 5.32 Å². The number of para-hydroxylation sites is 1. The van der Waals surface area contributed by atoms with Crippen molar-refractivity contribution in [2.45, 2.75) is 39.4 Å². The molecule has 0 aliphatic rings. The van der Waals surface area contributed by atoms with Crippen LogP contribution in [0.1, 0.15) is 26.3 Å². The van der Waals surface area contributed by atoms with Gasteiger partial charge in [-0.05, 0) is 50.6 Å². The number of hydrogen-bond donors (Lipinski definition) is 1. The fourth-order valence-electron chi connectivity index (χ4n) is 3.13. The summed E-state index contributed by atoms with van der Waals surface area (Å²) in [6.07, 6.45) is 0. The van der Waals surface area contributed by atoms with E-state index in [1.165, 1.54) is 19.0 Å². The van der Waals surface area contributed by atoms with E-state index in [1.807, 2.05) is 13.8 Å². The molecule has 0 saturated carbocycles. The molecule has 0 saturated heterocycles. The number of amides is 2. The normalized spacial score (nSPS) is 12.5. The zero-order chi connectivity index (χ0) is 25.6. The van der Waals surface area contributed by atoms with E-state index in [-0.39, 0.29) is 18.5 Å². The lowest BCUT2D eigenvalue weighted by molar-refractivity contribution is -0.139. The molecule has 34 heavy (non-hydrogen) atoms. The summed E-state index contributed by atoms with van der Waals surface area (Å²) in [6, 6.07) is 12.2. The summed E-state index contributed by atoms with van der Waals surface area (Å²) in [5, 5.41) is 3.47. The third-order valence-corrected chi connectivity index (χ3v) is 7.56. The number of hydrogen-bond acceptors (Lipinski definition) is 4. The summed E-state index contributed by atoms with van der Waals surface area (Å²) < 4.78 is 28.1. The molecule has 186 valence electrons. The Morgan fingerprint density at radius 2 is 1.59 bits per heavy atom. The predicted octanol–water partition coefficient (Wildman–Crippen LogP) is 3.55. The van der Waals surface area contributed by atoms with E-state index in [4.69, 9.17) is 23.2 Å². The Hall–Kier alpha value is -2.33. The largest absolute Gasteiger partial charge is 0.352 e. The smallest absolute Gasteiger partial charge is 0.304 e. The molecule has 2 amide bonds. The van der Waals surface area contributed by atoms with Crippen molar-refractivity contribution in [2.75, 3.05) is 24.9 Å². The van der Waals surface area contributed by atoms with Crippen LogP contribution < -0.4 is 9.62 Å². The molecule has 2 rings (SSSR count). The second kappa shape index (κ2) is 11.9. The molecule has 1 atom stereocenters. The fraction of sp³-hybridized carbons (Fsp3) is 0.391. The van der Waals surface area contributed by atoms with E-state index < -0.39 is 28.7 Å². The molecule has 0 heterocycles. The first-order valence-electron chi connectivity index (χ1n) is 10.6. The Labute approximate surface area is 211 Å². The van der Waals surface area contributed by atoms with Crippen molar-refractivity contribution in [2.24, 2.45) is 0 Å². The summed E-state index contributed by atoms with van der Waals surface area (Å²) in [6.45, 7) is 4.77. The van der Waals surface area contributed by atoms with Crippen LogP contribution in [0.5, 0.6) is 0 Å². The molecule has 8 nitrogen and oxygen atoms in total. The lowest BCUT2D eigenvalue weighted by Crippen LogP contribution is -2.53. The van der Waals surface area contributed by atoms with Crippen molar-refractivity contribution in [3.63, 3.8) is 0 Å². The summed E-state index contributed by atoms with van der Waals surface area (Å²) in [4.78, 5) is 27.7. The summed E-state index contributed by atoms with van der Waals surface area (Å²) >= 11 is 12.2. The molecular formula is C23H30Cl2N4O4S. The maximum Gasteiger partial charge on any atom is 0.304 e. The van der Waals surface area contributed by atoms with Gasteiger partial charge in [-0.2, -0.15) is 12.7 Å². The minimum Gasteiger partial charge on any atom is -0.352 e. The average Bonchev–Trinajstić information content (AvgIpc) is 2.77. The van der Waals surface area contributed by atoms with Gasteiger partial charge in [0.2, 0.25) is 11.8 Å². The Kier molecular flexibility index (Phi) is 9.75. The molecule has 0 bridgehead atoms. The highest BCUT2D eigenvalue weighted by Gasteiger charge is 2.32. The first-order valence-corrected chi connectivity index (χ1v) is 12.8. The molecule has 2 aromatic carbocycles. The highest BCUT2D eigenvalue weighted by atomic mass is 35.5. The molecule has 0 radical (unpaired) electrons. The van der Waals surface area contributed by atoms with Crippen molar-refractivity contribution < 1.29 is 18.0 Å². The van der Waals surface area contributed by atoms with Crippen LogP contribution in [0, 0.1) is 0 Å². The monoisotopic (exact) mass is 528 g/mol. The van der Waals surface area contributed by atoms with E-state index in [0.717, 1.165) is 8.61 Å². The number of anilines is 1. The van der Waals surface area contributed by atoms with Gasteiger partial charge in [0, 0.05) is 26.7 Å². The van der Waals surface area contributed by atoms with Gasteiger partial charge in [0.1, 0.15) is 12.6 Å². The summed E-state index contributed by atoms with van der Waals surface area (Å²) in [5.41, 5.74) is 0.979. The van der Waals surface area contributed by atoms with Crippen LogP contribution in [0.4, 0.5) is 5.69 Å². The Morgan fingerprint density at radius 3 is 2.12 bits per heavy atom. The van der Waals surface area contributed by atoms with Gasteiger partial charge in [0.05, 0.1) is 15.7 Å². The third-order valence-electron chi connectivity index (χ3n) is 5.00. The number of benzene rings is 2. The quantitative estimate of drug-likeness (QED) is 0.510. The van der Waals surface area contributed by atoms with Gasteiger partial charge in [0.15, 0.2) is 0 Å². The Balaban J connectivity index is 2.45. The standard InChI is InChI=1S/C23H30Cl2N4O4S/c1-16(2)26-23(31)17(3)28(14-18-11-12-20(24)21(25)13-18)22(30)15-29(34(32,33)27(4)5)19-9-7-6-8-10-19/h6-13,16-17H,14-15H2,1-5H3,(H,26,31)/t17-/m0/s1. The average molecular weight is 529 g/mol. The molecule has 11 heteroatoms. The van der Waals surface area contributed by atoms with Crippen LogP contribution in [0.3, 0.4) is 0 Å². The fourth-order valence-corrected chi connectivity index (χ4v) is 4.51. The minimum absolute atomic E-state index is 0.0348. The summed E-state index contributed by atoms with van der Waals surface area (Å²) in [7, 11) is -1.21. The number of nitrogens with one attached hydrogen (secondary N) is 1. The van der Waals surface area contributed by atoms with Crippen molar-refractivity contribution in [3.05, 3.63) is 64.1 Å².